The van der Waals surface area contributed by atoms with Crippen LogP contribution < -0.4 is 19.0 Å². The molecule has 2 aromatic heterocycles. The molecule has 13 heteroatoms. The number of carbonyl (C=O) groups excluding carboxylic acids is 1. The number of aryl methyl sites for hydroxylation is 2. The highest BCUT2D eigenvalue weighted by molar-refractivity contribution is 7.79. The van der Waals surface area contributed by atoms with Crippen molar-refractivity contribution in [3.63, 3.8) is 0 Å². The van der Waals surface area contributed by atoms with E-state index in [2.05, 4.69) is 15.3 Å². The van der Waals surface area contributed by atoms with Crippen LogP contribution in [0.5, 0.6) is 11.6 Å². The van der Waals surface area contributed by atoms with E-state index in [0.29, 0.717) is 5.69 Å². The van der Waals surface area contributed by atoms with Crippen LogP contribution in [0.15, 0.2) is 11.4 Å². The van der Waals surface area contributed by atoms with Gasteiger partial charge in [-0.2, -0.15) is 22.4 Å². The SMILES string of the molecule is CCc1scc(C(F)(F)F)c1OS(=O)NC(=O)Nc1nc(C)cc(OC)n1. The van der Waals surface area contributed by atoms with Crippen LogP contribution in [0.4, 0.5) is 23.9 Å². The summed E-state index contributed by atoms with van der Waals surface area (Å²) in [4.78, 5) is 19.9. The maximum Gasteiger partial charge on any atom is 0.420 e. The van der Waals surface area contributed by atoms with Gasteiger partial charge in [-0.15, -0.1) is 11.3 Å². The Hall–Kier alpha value is -2.41. The molecule has 0 spiro atoms. The van der Waals surface area contributed by atoms with Gasteiger partial charge in [-0.3, -0.25) is 5.32 Å². The third-order valence-corrected chi connectivity index (χ3v) is 4.83. The predicted molar refractivity (Wildman–Crippen MR) is 92.9 cm³/mol. The van der Waals surface area contributed by atoms with Crippen molar-refractivity contribution in [1.29, 1.82) is 0 Å². The summed E-state index contributed by atoms with van der Waals surface area (Å²) in [5.74, 6) is -0.514. The minimum absolute atomic E-state index is 0.137. The van der Waals surface area contributed by atoms with E-state index in [-0.39, 0.29) is 23.1 Å². The minimum Gasteiger partial charge on any atom is -0.481 e. The fourth-order valence-electron chi connectivity index (χ4n) is 1.92. The van der Waals surface area contributed by atoms with E-state index < -0.39 is 34.8 Å². The molecule has 1 unspecified atom stereocenters. The van der Waals surface area contributed by atoms with Gasteiger partial charge in [0, 0.05) is 22.0 Å². The Labute approximate surface area is 158 Å². The number of anilines is 1. The Morgan fingerprint density at radius 3 is 2.67 bits per heavy atom. The lowest BCUT2D eigenvalue weighted by Gasteiger charge is -2.11. The van der Waals surface area contributed by atoms with E-state index in [4.69, 9.17) is 8.92 Å². The van der Waals surface area contributed by atoms with Gasteiger partial charge >= 0.3 is 23.5 Å². The summed E-state index contributed by atoms with van der Waals surface area (Å²) in [7, 11) is 1.37. The molecule has 8 nitrogen and oxygen atoms in total. The highest BCUT2D eigenvalue weighted by atomic mass is 32.2. The first kappa shape index (κ1) is 20.9. The second-order valence-corrected chi connectivity index (χ2v) is 6.81. The fourth-order valence-corrected chi connectivity index (χ4v) is 3.48. The first-order valence-corrected chi connectivity index (χ1v) is 9.34. The van der Waals surface area contributed by atoms with E-state index in [1.54, 1.807) is 13.8 Å². The van der Waals surface area contributed by atoms with Gasteiger partial charge in [0.05, 0.1) is 7.11 Å². The molecule has 148 valence electrons. The summed E-state index contributed by atoms with van der Waals surface area (Å²) in [6.45, 7) is 3.26. The lowest BCUT2D eigenvalue weighted by atomic mass is 10.2. The number of hydrogen-bond donors (Lipinski definition) is 2. The van der Waals surface area contributed by atoms with Gasteiger partial charge in [-0.05, 0) is 13.3 Å². The average Bonchev–Trinajstić information content (AvgIpc) is 2.96. The lowest BCUT2D eigenvalue weighted by Crippen LogP contribution is -2.33. The second kappa shape index (κ2) is 8.52. The third-order valence-electron chi connectivity index (χ3n) is 3.04. The number of methoxy groups -OCH3 is 1. The molecule has 0 fully saturated rings. The molecule has 2 N–H and O–H groups in total. The number of thiophene rings is 1. The van der Waals surface area contributed by atoms with Gasteiger partial charge in [0.25, 0.3) is 0 Å². The number of hydrogen-bond acceptors (Lipinski definition) is 7. The molecule has 1 atom stereocenters. The van der Waals surface area contributed by atoms with Gasteiger partial charge in [-0.25, -0.2) is 14.5 Å². The van der Waals surface area contributed by atoms with Crippen LogP contribution >= 0.6 is 11.3 Å². The largest absolute Gasteiger partial charge is 0.481 e. The Bertz CT molecular complexity index is 857. The summed E-state index contributed by atoms with van der Waals surface area (Å²) < 4.78 is 62.6. The average molecular weight is 424 g/mol. The molecule has 0 bridgehead atoms. The van der Waals surface area contributed by atoms with Crippen molar-refractivity contribution in [2.45, 2.75) is 26.4 Å². The first-order valence-electron chi connectivity index (χ1n) is 7.39. The van der Waals surface area contributed by atoms with E-state index in [0.717, 1.165) is 16.7 Å². The van der Waals surface area contributed by atoms with Crippen LogP contribution in [0.3, 0.4) is 0 Å². The fraction of sp³-hybridized carbons (Fsp3) is 0.357. The van der Waals surface area contributed by atoms with Crippen LogP contribution in [-0.2, 0) is 23.9 Å². The van der Waals surface area contributed by atoms with E-state index in [9.17, 15) is 22.2 Å². The van der Waals surface area contributed by atoms with Crippen molar-refractivity contribution >= 4 is 34.6 Å². The lowest BCUT2D eigenvalue weighted by molar-refractivity contribution is -0.138. The van der Waals surface area contributed by atoms with Crippen LogP contribution in [-0.4, -0.2) is 27.3 Å². The maximum atomic E-state index is 13.0. The number of nitrogens with one attached hydrogen (secondary N) is 2. The van der Waals surface area contributed by atoms with Crippen LogP contribution in [0, 0.1) is 6.92 Å². The summed E-state index contributed by atoms with van der Waals surface area (Å²) >= 11 is -1.73. The van der Waals surface area contributed by atoms with E-state index in [1.807, 2.05) is 4.72 Å². The van der Waals surface area contributed by atoms with Gasteiger partial charge in [0.2, 0.25) is 11.8 Å². The van der Waals surface area contributed by atoms with Gasteiger partial charge in [0.15, 0.2) is 5.75 Å². The summed E-state index contributed by atoms with van der Waals surface area (Å²) in [6.07, 6.45) is -4.42. The number of urea groups is 1. The zero-order chi connectivity index (χ0) is 20.2. The topological polar surface area (TPSA) is 102 Å². The van der Waals surface area contributed by atoms with Crippen molar-refractivity contribution in [1.82, 2.24) is 14.7 Å². The number of rotatable bonds is 6. The molecule has 0 radical (unpaired) electrons. The molecule has 0 aliphatic rings. The van der Waals surface area contributed by atoms with Crippen LogP contribution in [0.2, 0.25) is 0 Å². The van der Waals surface area contributed by atoms with Gasteiger partial charge in [0.1, 0.15) is 5.56 Å². The summed E-state index contributed by atoms with van der Waals surface area (Å²) in [5.41, 5.74) is -0.554. The molecule has 2 amide bonds. The van der Waals surface area contributed by atoms with Crippen molar-refractivity contribution in [3.05, 3.63) is 27.6 Å². The highest BCUT2D eigenvalue weighted by Gasteiger charge is 2.37. The first-order chi connectivity index (χ1) is 12.6. The molecule has 2 rings (SSSR count). The predicted octanol–water partition coefficient (Wildman–Crippen LogP) is 3.22. The van der Waals surface area contributed by atoms with Gasteiger partial charge in [-0.1, -0.05) is 6.92 Å². The molecule has 0 aromatic carbocycles. The Morgan fingerprint density at radius 2 is 2.07 bits per heavy atom. The highest BCUT2D eigenvalue weighted by Crippen LogP contribution is 2.42. The smallest absolute Gasteiger partial charge is 0.420 e. The standard InChI is InChI=1S/C14H15F3N4O4S2/c1-4-9-11(8(6-26-9)14(15,16)17)25-27(23)21-13(22)20-12-18-7(2)5-10(19-12)24-3/h5-6H,4H2,1-3H3,(H2,18,19,20,21,22). The summed E-state index contributed by atoms with van der Waals surface area (Å²) in [6, 6.07) is 0.495. The number of amides is 2. The van der Waals surface area contributed by atoms with Crippen molar-refractivity contribution in [2.75, 3.05) is 12.4 Å². The normalized spacial score (nSPS) is 12.4. The Morgan fingerprint density at radius 1 is 1.37 bits per heavy atom. The monoisotopic (exact) mass is 424 g/mol. The molecule has 27 heavy (non-hydrogen) atoms. The van der Waals surface area contributed by atoms with E-state index in [1.165, 1.54) is 13.2 Å². The quantitative estimate of drug-likeness (QED) is 0.738. The van der Waals surface area contributed by atoms with E-state index >= 15 is 0 Å². The number of carbonyl (C=O) groups is 1. The molecular formula is C14H15F3N4O4S2. The molecular weight excluding hydrogens is 409 g/mol. The van der Waals surface area contributed by atoms with Gasteiger partial charge < -0.3 is 8.92 Å². The Balaban J connectivity index is 2.07. The number of aromatic nitrogens is 2. The van der Waals surface area contributed by atoms with Crippen LogP contribution in [0.1, 0.15) is 23.1 Å². The number of alkyl halides is 3. The number of nitrogens with zero attached hydrogens (tertiary/aromatic N) is 2. The van der Waals surface area contributed by atoms with Crippen molar-refractivity contribution in [3.8, 4) is 11.6 Å². The molecule has 0 saturated carbocycles. The molecule has 2 aromatic rings. The van der Waals surface area contributed by atoms with Crippen molar-refractivity contribution < 1.29 is 31.1 Å². The molecule has 0 aliphatic heterocycles. The zero-order valence-corrected chi connectivity index (χ0v) is 16.0. The van der Waals surface area contributed by atoms with Crippen LogP contribution in [0.25, 0.3) is 0 Å². The Kier molecular flexibility index (Phi) is 6.59. The van der Waals surface area contributed by atoms with Crippen molar-refractivity contribution in [2.24, 2.45) is 0 Å². The number of ether oxygens (including phenoxy) is 1. The number of halogens is 3. The molecule has 0 saturated heterocycles. The molecule has 2 heterocycles. The molecule has 0 aliphatic carbocycles. The second-order valence-electron chi connectivity index (χ2n) is 5.00. The zero-order valence-electron chi connectivity index (χ0n) is 14.3. The maximum absolute atomic E-state index is 13.0. The minimum atomic E-state index is -4.67. The third kappa shape index (κ3) is 5.53. The summed E-state index contributed by atoms with van der Waals surface area (Å²) in [5, 5.41) is 3.07.